The summed E-state index contributed by atoms with van der Waals surface area (Å²) < 4.78 is 0. The van der Waals surface area contributed by atoms with Crippen LogP contribution in [0.5, 0.6) is 5.75 Å². The number of benzene rings is 3. The quantitative estimate of drug-likeness (QED) is 0.395. The standard InChI is InChI=1S/C24H21NO.ClH/c1-15-10-12-18-20(14-15)24(19-8-4-5-9-22(19)26)25-21-13-11-16-6-2-3-7-17(16)23(18)21;/h2-9,11,13,15,26H,10,12,14H2,1H3;1H. The fourth-order valence-corrected chi connectivity index (χ4v) is 4.39. The summed E-state index contributed by atoms with van der Waals surface area (Å²) in [6.45, 7) is 2.31. The van der Waals surface area contributed by atoms with Crippen LogP contribution in [0, 0.1) is 5.92 Å². The second-order valence-corrected chi connectivity index (χ2v) is 7.46. The number of pyridine rings is 1. The first-order chi connectivity index (χ1) is 12.7. The minimum atomic E-state index is 0. The molecule has 136 valence electrons. The van der Waals surface area contributed by atoms with Crippen molar-refractivity contribution in [2.75, 3.05) is 0 Å². The van der Waals surface area contributed by atoms with E-state index in [1.165, 1.54) is 33.7 Å². The molecule has 1 N–H and O–H groups in total. The molecule has 1 atom stereocenters. The fourth-order valence-electron chi connectivity index (χ4n) is 4.39. The number of aromatic nitrogens is 1. The van der Waals surface area contributed by atoms with Crippen molar-refractivity contribution in [2.45, 2.75) is 26.2 Å². The SMILES string of the molecule is CC1CCc2c(c(-c3ccccc3O)nc3ccc4ccccc4c23)C1.Cl. The van der Waals surface area contributed by atoms with E-state index in [0.717, 1.165) is 29.6 Å². The van der Waals surface area contributed by atoms with Crippen molar-refractivity contribution in [3.8, 4) is 17.0 Å². The molecule has 0 fully saturated rings. The highest BCUT2D eigenvalue weighted by molar-refractivity contribution is 6.09. The number of hydrogen-bond acceptors (Lipinski definition) is 2. The van der Waals surface area contributed by atoms with Gasteiger partial charge in [-0.3, -0.25) is 0 Å². The first kappa shape index (κ1) is 17.8. The van der Waals surface area contributed by atoms with Gasteiger partial charge in [-0.1, -0.05) is 49.4 Å². The molecule has 4 aromatic rings. The molecule has 1 unspecified atom stereocenters. The molecule has 3 aromatic carbocycles. The van der Waals surface area contributed by atoms with Crippen LogP contribution < -0.4 is 0 Å². The van der Waals surface area contributed by atoms with Crippen LogP contribution in [-0.2, 0) is 12.8 Å². The van der Waals surface area contributed by atoms with E-state index < -0.39 is 0 Å². The summed E-state index contributed by atoms with van der Waals surface area (Å²) >= 11 is 0. The smallest absolute Gasteiger partial charge is 0.124 e. The molecule has 2 nitrogen and oxygen atoms in total. The molecule has 0 amide bonds. The average Bonchev–Trinajstić information content (AvgIpc) is 2.67. The number of halogens is 1. The summed E-state index contributed by atoms with van der Waals surface area (Å²) in [6, 6.07) is 20.4. The maximum Gasteiger partial charge on any atom is 0.124 e. The van der Waals surface area contributed by atoms with Gasteiger partial charge < -0.3 is 5.11 Å². The molecule has 1 heterocycles. The van der Waals surface area contributed by atoms with Crippen LogP contribution in [-0.4, -0.2) is 10.1 Å². The molecule has 0 radical (unpaired) electrons. The highest BCUT2D eigenvalue weighted by Gasteiger charge is 2.24. The van der Waals surface area contributed by atoms with Gasteiger partial charge in [-0.15, -0.1) is 12.4 Å². The average molecular weight is 376 g/mol. The molecular weight excluding hydrogens is 354 g/mol. The Morgan fingerprint density at radius 1 is 0.926 bits per heavy atom. The first-order valence-corrected chi connectivity index (χ1v) is 9.34. The Balaban J connectivity index is 0.00000180. The van der Waals surface area contributed by atoms with Gasteiger partial charge in [0, 0.05) is 10.9 Å². The van der Waals surface area contributed by atoms with E-state index in [4.69, 9.17) is 4.98 Å². The second kappa shape index (κ2) is 6.86. The molecule has 0 aliphatic heterocycles. The van der Waals surface area contributed by atoms with Gasteiger partial charge in [0.25, 0.3) is 0 Å². The van der Waals surface area contributed by atoms with Crippen LogP contribution >= 0.6 is 12.4 Å². The lowest BCUT2D eigenvalue weighted by atomic mass is 9.80. The van der Waals surface area contributed by atoms with Crippen LogP contribution in [0.4, 0.5) is 0 Å². The predicted molar refractivity (Wildman–Crippen MR) is 115 cm³/mol. The van der Waals surface area contributed by atoms with Crippen molar-refractivity contribution in [1.82, 2.24) is 4.98 Å². The zero-order chi connectivity index (χ0) is 17.7. The Morgan fingerprint density at radius 3 is 2.56 bits per heavy atom. The lowest BCUT2D eigenvalue weighted by Gasteiger charge is -2.26. The normalized spacial score (nSPS) is 16.1. The molecule has 1 aliphatic rings. The van der Waals surface area contributed by atoms with Crippen molar-refractivity contribution in [1.29, 1.82) is 0 Å². The summed E-state index contributed by atoms with van der Waals surface area (Å²) in [6.07, 6.45) is 3.30. The van der Waals surface area contributed by atoms with Crippen molar-refractivity contribution in [3.63, 3.8) is 0 Å². The van der Waals surface area contributed by atoms with Crippen LogP contribution in [0.15, 0.2) is 60.7 Å². The van der Waals surface area contributed by atoms with E-state index in [1.54, 1.807) is 6.07 Å². The van der Waals surface area contributed by atoms with E-state index in [-0.39, 0.29) is 12.4 Å². The number of hydrogen-bond donors (Lipinski definition) is 1. The molecule has 3 heteroatoms. The number of rotatable bonds is 1. The molecular formula is C24H22ClNO. The molecule has 0 saturated carbocycles. The van der Waals surface area contributed by atoms with Gasteiger partial charge in [0.15, 0.2) is 0 Å². The number of para-hydroxylation sites is 1. The number of phenolic OH excluding ortho intramolecular Hbond substituents is 1. The third-order valence-corrected chi connectivity index (χ3v) is 5.69. The largest absolute Gasteiger partial charge is 0.507 e. The third kappa shape index (κ3) is 2.85. The van der Waals surface area contributed by atoms with Crippen LogP contribution in [0.2, 0.25) is 0 Å². The molecule has 0 spiro atoms. The van der Waals surface area contributed by atoms with Crippen LogP contribution in [0.25, 0.3) is 32.9 Å². The Morgan fingerprint density at radius 2 is 1.70 bits per heavy atom. The maximum atomic E-state index is 10.4. The number of aryl methyl sites for hydroxylation is 1. The van der Waals surface area contributed by atoms with Gasteiger partial charge in [0.1, 0.15) is 5.75 Å². The van der Waals surface area contributed by atoms with E-state index in [9.17, 15) is 5.11 Å². The summed E-state index contributed by atoms with van der Waals surface area (Å²) in [7, 11) is 0. The highest BCUT2D eigenvalue weighted by Crippen LogP contribution is 2.41. The minimum absolute atomic E-state index is 0. The minimum Gasteiger partial charge on any atom is -0.507 e. The first-order valence-electron chi connectivity index (χ1n) is 9.34. The number of phenols is 1. The van der Waals surface area contributed by atoms with Gasteiger partial charge in [0.2, 0.25) is 0 Å². The molecule has 0 saturated heterocycles. The van der Waals surface area contributed by atoms with Gasteiger partial charge >= 0.3 is 0 Å². The third-order valence-electron chi connectivity index (χ3n) is 5.69. The molecule has 1 aromatic heterocycles. The van der Waals surface area contributed by atoms with Crippen molar-refractivity contribution in [3.05, 3.63) is 71.8 Å². The van der Waals surface area contributed by atoms with Crippen molar-refractivity contribution in [2.24, 2.45) is 5.92 Å². The Kier molecular flexibility index (Phi) is 4.53. The zero-order valence-electron chi connectivity index (χ0n) is 15.3. The van der Waals surface area contributed by atoms with Gasteiger partial charge in [-0.05, 0) is 65.3 Å². The molecule has 27 heavy (non-hydrogen) atoms. The predicted octanol–water partition coefficient (Wildman–Crippen LogP) is 6.31. The van der Waals surface area contributed by atoms with E-state index in [2.05, 4.69) is 43.3 Å². The summed E-state index contributed by atoms with van der Waals surface area (Å²) in [5.74, 6) is 0.946. The van der Waals surface area contributed by atoms with E-state index in [0.29, 0.717) is 11.7 Å². The number of nitrogens with zero attached hydrogens (tertiary/aromatic N) is 1. The Bertz CT molecular complexity index is 1150. The Hall–Kier alpha value is -2.58. The summed E-state index contributed by atoms with van der Waals surface area (Å²) in [4.78, 5) is 5.04. The van der Waals surface area contributed by atoms with Crippen LogP contribution in [0.3, 0.4) is 0 Å². The van der Waals surface area contributed by atoms with E-state index in [1.807, 2.05) is 18.2 Å². The number of fused-ring (bicyclic) bond motifs is 5. The maximum absolute atomic E-state index is 10.4. The summed E-state index contributed by atoms with van der Waals surface area (Å²) in [5, 5.41) is 14.3. The van der Waals surface area contributed by atoms with Crippen molar-refractivity contribution < 1.29 is 5.11 Å². The highest BCUT2D eigenvalue weighted by atomic mass is 35.5. The van der Waals surface area contributed by atoms with Crippen LogP contribution in [0.1, 0.15) is 24.5 Å². The number of aromatic hydroxyl groups is 1. The van der Waals surface area contributed by atoms with E-state index >= 15 is 0 Å². The second-order valence-electron chi connectivity index (χ2n) is 7.46. The molecule has 0 bridgehead atoms. The van der Waals surface area contributed by atoms with Gasteiger partial charge in [-0.2, -0.15) is 0 Å². The molecule has 1 aliphatic carbocycles. The fraction of sp³-hybridized carbons (Fsp3) is 0.208. The summed E-state index contributed by atoms with van der Waals surface area (Å²) in [5.41, 5.74) is 5.55. The molecule has 5 rings (SSSR count). The Labute approximate surface area is 165 Å². The van der Waals surface area contributed by atoms with Crippen molar-refractivity contribution >= 4 is 34.1 Å². The zero-order valence-corrected chi connectivity index (χ0v) is 16.1. The lowest BCUT2D eigenvalue weighted by Crippen LogP contribution is -2.14. The monoisotopic (exact) mass is 375 g/mol. The topological polar surface area (TPSA) is 33.1 Å². The lowest BCUT2D eigenvalue weighted by molar-refractivity contribution is 0.476. The van der Waals surface area contributed by atoms with Gasteiger partial charge in [0.05, 0.1) is 11.2 Å². The van der Waals surface area contributed by atoms with Gasteiger partial charge in [-0.25, -0.2) is 4.98 Å².